The second-order valence-electron chi connectivity index (χ2n) is 6.00. The third-order valence-electron chi connectivity index (χ3n) is 3.13. The molecule has 1 aromatic heterocycles. The van der Waals surface area contributed by atoms with Crippen LogP contribution in [0, 0.1) is 6.92 Å². The van der Waals surface area contributed by atoms with E-state index in [-0.39, 0.29) is 11.2 Å². The summed E-state index contributed by atoms with van der Waals surface area (Å²) in [7, 11) is 0. The number of rotatable bonds is 4. The number of para-hydroxylation sites is 1. The molecule has 0 spiro atoms. The minimum Gasteiger partial charge on any atom is -0.481 e. The SMILES string of the molecule is Cc1ccccc1-n1nc(C(C)(C)C)cc1SCC(=O)O. The van der Waals surface area contributed by atoms with Crippen LogP contribution in [0.2, 0.25) is 0 Å². The van der Waals surface area contributed by atoms with Gasteiger partial charge in [0.2, 0.25) is 0 Å². The van der Waals surface area contributed by atoms with Crippen LogP contribution in [0.25, 0.3) is 5.69 Å². The zero-order chi connectivity index (χ0) is 15.6. The summed E-state index contributed by atoms with van der Waals surface area (Å²) in [6.07, 6.45) is 0. The second-order valence-corrected chi connectivity index (χ2v) is 6.99. The Balaban J connectivity index is 2.49. The van der Waals surface area contributed by atoms with Gasteiger partial charge in [-0.25, -0.2) is 4.68 Å². The number of aromatic nitrogens is 2. The van der Waals surface area contributed by atoms with Gasteiger partial charge in [0.1, 0.15) is 5.03 Å². The van der Waals surface area contributed by atoms with Crippen molar-refractivity contribution in [3.05, 3.63) is 41.6 Å². The van der Waals surface area contributed by atoms with Crippen molar-refractivity contribution in [1.82, 2.24) is 9.78 Å². The average molecular weight is 304 g/mol. The Morgan fingerprint density at radius 3 is 2.57 bits per heavy atom. The lowest BCUT2D eigenvalue weighted by Gasteiger charge is -2.14. The van der Waals surface area contributed by atoms with E-state index in [1.54, 1.807) is 0 Å². The molecule has 1 aromatic carbocycles. The first-order chi connectivity index (χ1) is 9.79. The van der Waals surface area contributed by atoms with Crippen LogP contribution in [-0.2, 0) is 10.2 Å². The third kappa shape index (κ3) is 3.67. The Morgan fingerprint density at radius 1 is 1.33 bits per heavy atom. The molecular formula is C16H20N2O2S. The molecule has 0 amide bonds. The van der Waals surface area contributed by atoms with E-state index in [9.17, 15) is 4.79 Å². The minimum absolute atomic E-state index is 0.0289. The molecule has 5 heteroatoms. The molecule has 1 N–H and O–H groups in total. The van der Waals surface area contributed by atoms with Crippen LogP contribution in [0.5, 0.6) is 0 Å². The normalized spacial score (nSPS) is 11.6. The number of hydrogen-bond donors (Lipinski definition) is 1. The Kier molecular flexibility index (Phi) is 4.42. The minimum atomic E-state index is -0.824. The molecular weight excluding hydrogens is 284 g/mol. The fraction of sp³-hybridized carbons (Fsp3) is 0.375. The van der Waals surface area contributed by atoms with Crippen LogP contribution in [0.1, 0.15) is 32.0 Å². The van der Waals surface area contributed by atoms with E-state index >= 15 is 0 Å². The Hall–Kier alpha value is -1.75. The molecule has 2 aromatic rings. The van der Waals surface area contributed by atoms with E-state index in [1.807, 2.05) is 41.9 Å². The highest BCUT2D eigenvalue weighted by Crippen LogP contribution is 2.29. The van der Waals surface area contributed by atoms with Gasteiger partial charge < -0.3 is 5.11 Å². The molecule has 21 heavy (non-hydrogen) atoms. The zero-order valence-electron chi connectivity index (χ0n) is 12.8. The van der Waals surface area contributed by atoms with Gasteiger partial charge in [-0.2, -0.15) is 5.10 Å². The summed E-state index contributed by atoms with van der Waals surface area (Å²) in [6.45, 7) is 8.33. The molecule has 1 heterocycles. The summed E-state index contributed by atoms with van der Waals surface area (Å²) in [4.78, 5) is 10.8. The van der Waals surface area contributed by atoms with Crippen molar-refractivity contribution in [2.24, 2.45) is 0 Å². The molecule has 0 radical (unpaired) electrons. The summed E-state index contributed by atoms with van der Waals surface area (Å²) >= 11 is 1.30. The number of thioether (sulfide) groups is 1. The van der Waals surface area contributed by atoms with Crippen LogP contribution in [0.4, 0.5) is 0 Å². The molecule has 0 saturated heterocycles. The molecule has 0 aliphatic heterocycles. The quantitative estimate of drug-likeness (QED) is 0.876. The van der Waals surface area contributed by atoms with E-state index in [4.69, 9.17) is 10.2 Å². The van der Waals surface area contributed by atoms with Gasteiger partial charge in [-0.15, -0.1) is 0 Å². The second kappa shape index (κ2) is 5.93. The fourth-order valence-corrected chi connectivity index (χ4v) is 2.67. The van der Waals surface area contributed by atoms with Gasteiger partial charge in [0.05, 0.1) is 17.1 Å². The highest BCUT2D eigenvalue weighted by Gasteiger charge is 2.21. The first-order valence-electron chi connectivity index (χ1n) is 6.80. The predicted octanol–water partition coefficient (Wildman–Crippen LogP) is 3.65. The fourth-order valence-electron chi connectivity index (χ4n) is 1.94. The maximum Gasteiger partial charge on any atom is 0.313 e. The van der Waals surface area contributed by atoms with Crippen molar-refractivity contribution in [2.45, 2.75) is 38.1 Å². The number of benzene rings is 1. The number of carboxylic acid groups (broad SMARTS) is 1. The van der Waals surface area contributed by atoms with Crippen molar-refractivity contribution < 1.29 is 9.90 Å². The van der Waals surface area contributed by atoms with Crippen LogP contribution in [0.3, 0.4) is 0 Å². The van der Waals surface area contributed by atoms with E-state index in [0.717, 1.165) is 22.0 Å². The lowest BCUT2D eigenvalue weighted by Crippen LogP contribution is -2.12. The molecule has 0 bridgehead atoms. The molecule has 4 nitrogen and oxygen atoms in total. The highest BCUT2D eigenvalue weighted by atomic mass is 32.2. The number of aliphatic carboxylic acids is 1. The first-order valence-corrected chi connectivity index (χ1v) is 7.79. The van der Waals surface area contributed by atoms with Gasteiger partial charge in [-0.1, -0.05) is 50.7 Å². The summed E-state index contributed by atoms with van der Waals surface area (Å²) in [5.74, 6) is -0.795. The van der Waals surface area contributed by atoms with E-state index in [0.29, 0.717) is 0 Å². The molecule has 0 aliphatic carbocycles. The van der Waals surface area contributed by atoms with Gasteiger partial charge >= 0.3 is 5.97 Å². The maximum atomic E-state index is 10.8. The van der Waals surface area contributed by atoms with Crippen molar-refractivity contribution >= 4 is 17.7 Å². The van der Waals surface area contributed by atoms with Crippen molar-refractivity contribution in [3.63, 3.8) is 0 Å². The standard InChI is InChI=1S/C16H20N2O2S/c1-11-7-5-6-8-12(11)18-14(21-10-15(19)20)9-13(17-18)16(2,3)4/h5-9H,10H2,1-4H3,(H,19,20). The molecule has 0 atom stereocenters. The number of carbonyl (C=O) groups is 1. The molecule has 0 saturated carbocycles. The first kappa shape index (κ1) is 15.6. The highest BCUT2D eigenvalue weighted by molar-refractivity contribution is 7.99. The Morgan fingerprint density at radius 2 is 2.00 bits per heavy atom. The number of hydrogen-bond acceptors (Lipinski definition) is 3. The smallest absolute Gasteiger partial charge is 0.313 e. The zero-order valence-corrected chi connectivity index (χ0v) is 13.6. The average Bonchev–Trinajstić information content (AvgIpc) is 2.80. The van der Waals surface area contributed by atoms with Crippen LogP contribution in [-0.4, -0.2) is 26.6 Å². The molecule has 0 aliphatic rings. The monoisotopic (exact) mass is 304 g/mol. The van der Waals surface area contributed by atoms with E-state index in [2.05, 4.69) is 20.8 Å². The molecule has 2 rings (SSSR count). The van der Waals surface area contributed by atoms with Gasteiger partial charge in [0.25, 0.3) is 0 Å². The van der Waals surface area contributed by atoms with Crippen LogP contribution in [0.15, 0.2) is 35.4 Å². The van der Waals surface area contributed by atoms with Gasteiger partial charge in [-0.3, -0.25) is 4.79 Å². The van der Waals surface area contributed by atoms with Crippen molar-refractivity contribution in [2.75, 3.05) is 5.75 Å². The van der Waals surface area contributed by atoms with Gasteiger partial charge in [0.15, 0.2) is 0 Å². The van der Waals surface area contributed by atoms with Gasteiger partial charge in [0, 0.05) is 5.41 Å². The van der Waals surface area contributed by atoms with E-state index in [1.165, 1.54) is 11.8 Å². The summed E-state index contributed by atoms with van der Waals surface area (Å²) in [6, 6.07) is 9.96. The number of carboxylic acids is 1. The summed E-state index contributed by atoms with van der Waals surface area (Å²) < 4.78 is 1.85. The molecule has 0 unspecified atom stereocenters. The van der Waals surface area contributed by atoms with Crippen LogP contribution < -0.4 is 0 Å². The van der Waals surface area contributed by atoms with Crippen molar-refractivity contribution in [1.29, 1.82) is 0 Å². The summed E-state index contributed by atoms with van der Waals surface area (Å²) in [5.41, 5.74) is 2.98. The lowest BCUT2D eigenvalue weighted by molar-refractivity contribution is -0.133. The lowest BCUT2D eigenvalue weighted by atomic mass is 9.93. The predicted molar refractivity (Wildman–Crippen MR) is 85.4 cm³/mol. The Labute approximate surface area is 129 Å². The number of nitrogens with zero attached hydrogens (tertiary/aromatic N) is 2. The summed E-state index contributed by atoms with van der Waals surface area (Å²) in [5, 5.41) is 14.5. The van der Waals surface area contributed by atoms with Crippen molar-refractivity contribution in [3.8, 4) is 5.69 Å². The number of aryl methyl sites for hydroxylation is 1. The largest absolute Gasteiger partial charge is 0.481 e. The topological polar surface area (TPSA) is 55.1 Å². The molecule has 0 fully saturated rings. The third-order valence-corrected chi connectivity index (χ3v) is 4.11. The van der Waals surface area contributed by atoms with Crippen LogP contribution >= 0.6 is 11.8 Å². The maximum absolute atomic E-state index is 10.8. The molecule has 112 valence electrons. The Bertz CT molecular complexity index is 657. The van der Waals surface area contributed by atoms with E-state index < -0.39 is 5.97 Å². The van der Waals surface area contributed by atoms with Gasteiger partial charge in [-0.05, 0) is 24.6 Å².